The first-order valence-corrected chi connectivity index (χ1v) is 5.36. The summed E-state index contributed by atoms with van der Waals surface area (Å²) in [5.74, 6) is -1.55. The molecular formula is C12H17NO3. The fraction of sp³-hybridized carbons (Fsp3) is 0.500. The molecule has 0 saturated carbocycles. The van der Waals surface area contributed by atoms with E-state index in [4.69, 9.17) is 4.84 Å². The Morgan fingerprint density at radius 3 is 2.50 bits per heavy atom. The molecule has 0 amide bonds. The van der Waals surface area contributed by atoms with Crippen molar-refractivity contribution in [2.75, 3.05) is 0 Å². The van der Waals surface area contributed by atoms with Crippen LogP contribution in [0.5, 0.6) is 0 Å². The van der Waals surface area contributed by atoms with E-state index in [-0.39, 0.29) is 6.04 Å². The van der Waals surface area contributed by atoms with E-state index in [0.29, 0.717) is 6.42 Å². The maximum absolute atomic E-state index is 10.1. The Balaban J connectivity index is 2.15. The van der Waals surface area contributed by atoms with Crippen molar-refractivity contribution >= 4 is 0 Å². The van der Waals surface area contributed by atoms with Crippen LogP contribution in [0.25, 0.3) is 0 Å². The second-order valence-electron chi connectivity index (χ2n) is 4.73. The number of benzene rings is 1. The van der Waals surface area contributed by atoms with Gasteiger partial charge in [-0.2, -0.15) is 5.48 Å². The van der Waals surface area contributed by atoms with Gasteiger partial charge in [0.05, 0.1) is 6.04 Å². The van der Waals surface area contributed by atoms with Gasteiger partial charge in [-0.25, -0.2) is 0 Å². The van der Waals surface area contributed by atoms with Crippen molar-refractivity contribution in [2.24, 2.45) is 0 Å². The summed E-state index contributed by atoms with van der Waals surface area (Å²) in [5.41, 5.74) is 2.49. The maximum Gasteiger partial charge on any atom is 0.215 e. The van der Waals surface area contributed by atoms with Crippen molar-refractivity contribution < 1.29 is 15.1 Å². The van der Waals surface area contributed by atoms with Crippen LogP contribution in [0.4, 0.5) is 0 Å². The van der Waals surface area contributed by atoms with Crippen LogP contribution in [0.3, 0.4) is 0 Å². The third-order valence-electron chi connectivity index (χ3n) is 3.01. The summed E-state index contributed by atoms with van der Waals surface area (Å²) >= 11 is 0. The molecule has 4 heteroatoms. The van der Waals surface area contributed by atoms with Crippen LogP contribution < -0.4 is 5.48 Å². The van der Waals surface area contributed by atoms with Gasteiger partial charge in [0.1, 0.15) is 5.60 Å². The second kappa shape index (κ2) is 3.82. The zero-order valence-electron chi connectivity index (χ0n) is 9.47. The smallest absolute Gasteiger partial charge is 0.215 e. The molecule has 1 aliphatic heterocycles. The predicted molar refractivity (Wildman–Crippen MR) is 59.3 cm³/mol. The van der Waals surface area contributed by atoms with Crippen molar-refractivity contribution in [2.45, 2.75) is 37.7 Å². The molecule has 1 heterocycles. The van der Waals surface area contributed by atoms with Crippen molar-refractivity contribution in [1.29, 1.82) is 0 Å². The van der Waals surface area contributed by atoms with E-state index in [1.165, 1.54) is 13.8 Å². The first-order chi connectivity index (χ1) is 7.42. The van der Waals surface area contributed by atoms with Gasteiger partial charge in [0.2, 0.25) is 5.79 Å². The number of hydroxylamine groups is 1. The molecule has 0 aliphatic carbocycles. The van der Waals surface area contributed by atoms with Crippen LogP contribution in [0.2, 0.25) is 0 Å². The van der Waals surface area contributed by atoms with Gasteiger partial charge in [0.25, 0.3) is 0 Å². The lowest BCUT2D eigenvalue weighted by Crippen LogP contribution is -2.50. The fourth-order valence-corrected chi connectivity index (χ4v) is 1.77. The van der Waals surface area contributed by atoms with Crippen LogP contribution in [0.15, 0.2) is 30.3 Å². The normalized spacial score (nSPS) is 30.6. The average molecular weight is 223 g/mol. The number of aliphatic hydroxyl groups is 2. The summed E-state index contributed by atoms with van der Waals surface area (Å²) in [4.78, 5) is 5.13. The third-order valence-corrected chi connectivity index (χ3v) is 3.01. The summed E-state index contributed by atoms with van der Waals surface area (Å²) in [6.07, 6.45) is 0.320. The van der Waals surface area contributed by atoms with Crippen LogP contribution >= 0.6 is 0 Å². The Morgan fingerprint density at radius 2 is 2.00 bits per heavy atom. The van der Waals surface area contributed by atoms with Crippen LogP contribution in [-0.2, 0) is 4.84 Å². The third kappa shape index (κ3) is 1.97. The Hall–Kier alpha value is -0.940. The topological polar surface area (TPSA) is 61.7 Å². The van der Waals surface area contributed by atoms with Gasteiger partial charge in [0, 0.05) is 6.42 Å². The van der Waals surface area contributed by atoms with Gasteiger partial charge in [0.15, 0.2) is 0 Å². The van der Waals surface area contributed by atoms with Gasteiger partial charge < -0.3 is 10.2 Å². The molecule has 2 atom stereocenters. The Bertz CT molecular complexity index is 360. The largest absolute Gasteiger partial charge is 0.385 e. The quantitative estimate of drug-likeness (QED) is 0.703. The highest BCUT2D eigenvalue weighted by molar-refractivity contribution is 5.20. The summed E-state index contributed by atoms with van der Waals surface area (Å²) in [6, 6.07) is 9.60. The SMILES string of the molecule is CC(C)(O)[C@]1(O)C[C@H](c2ccccc2)NO1. The Labute approximate surface area is 94.8 Å². The zero-order valence-corrected chi connectivity index (χ0v) is 9.47. The lowest BCUT2D eigenvalue weighted by atomic mass is 9.90. The summed E-state index contributed by atoms with van der Waals surface area (Å²) < 4.78 is 0. The zero-order chi connectivity index (χ0) is 11.8. The molecule has 1 fully saturated rings. The molecule has 2 rings (SSSR count). The minimum absolute atomic E-state index is 0.0994. The van der Waals surface area contributed by atoms with E-state index in [0.717, 1.165) is 5.56 Å². The minimum atomic E-state index is -1.55. The molecule has 1 aromatic rings. The molecule has 0 unspecified atom stereocenters. The van der Waals surface area contributed by atoms with E-state index in [1.54, 1.807) is 0 Å². The summed E-state index contributed by atoms with van der Waals surface area (Å²) in [7, 11) is 0. The molecular weight excluding hydrogens is 206 g/mol. The number of nitrogens with one attached hydrogen (secondary N) is 1. The molecule has 4 nitrogen and oxygen atoms in total. The van der Waals surface area contributed by atoms with Crippen molar-refractivity contribution in [3.63, 3.8) is 0 Å². The lowest BCUT2D eigenvalue weighted by molar-refractivity contribution is -0.284. The van der Waals surface area contributed by atoms with E-state index < -0.39 is 11.4 Å². The predicted octanol–water partition coefficient (Wildman–Crippen LogP) is 1.11. The molecule has 3 N–H and O–H groups in total. The van der Waals surface area contributed by atoms with Crippen molar-refractivity contribution in [1.82, 2.24) is 5.48 Å². The highest BCUT2D eigenvalue weighted by atomic mass is 16.8. The van der Waals surface area contributed by atoms with Gasteiger partial charge in [-0.05, 0) is 19.4 Å². The Morgan fingerprint density at radius 1 is 1.38 bits per heavy atom. The molecule has 16 heavy (non-hydrogen) atoms. The van der Waals surface area contributed by atoms with E-state index in [1.807, 2.05) is 30.3 Å². The lowest BCUT2D eigenvalue weighted by Gasteiger charge is -2.32. The van der Waals surface area contributed by atoms with Crippen LogP contribution in [0.1, 0.15) is 31.9 Å². The highest BCUT2D eigenvalue weighted by Crippen LogP contribution is 2.37. The van der Waals surface area contributed by atoms with Crippen molar-refractivity contribution in [3.8, 4) is 0 Å². The maximum atomic E-state index is 10.1. The first kappa shape index (κ1) is 11.5. The number of hydrogen-bond donors (Lipinski definition) is 3. The highest BCUT2D eigenvalue weighted by Gasteiger charge is 2.50. The molecule has 1 aliphatic rings. The molecule has 1 saturated heterocycles. The Kier molecular flexibility index (Phi) is 2.75. The molecule has 0 radical (unpaired) electrons. The van der Waals surface area contributed by atoms with E-state index in [9.17, 15) is 10.2 Å². The fourth-order valence-electron chi connectivity index (χ4n) is 1.77. The summed E-state index contributed by atoms with van der Waals surface area (Å²) in [5, 5.41) is 20.0. The second-order valence-corrected chi connectivity index (χ2v) is 4.73. The van der Waals surface area contributed by atoms with Gasteiger partial charge >= 0.3 is 0 Å². The van der Waals surface area contributed by atoms with Gasteiger partial charge in [-0.15, -0.1) is 0 Å². The average Bonchev–Trinajstić information content (AvgIpc) is 2.63. The van der Waals surface area contributed by atoms with Crippen LogP contribution in [-0.4, -0.2) is 21.6 Å². The number of hydrogen-bond acceptors (Lipinski definition) is 4. The minimum Gasteiger partial charge on any atom is -0.385 e. The van der Waals surface area contributed by atoms with Crippen molar-refractivity contribution in [3.05, 3.63) is 35.9 Å². The number of rotatable bonds is 2. The molecule has 0 aromatic heterocycles. The van der Waals surface area contributed by atoms with Gasteiger partial charge in [-0.1, -0.05) is 30.3 Å². The summed E-state index contributed by atoms with van der Waals surface area (Å²) in [6.45, 7) is 3.06. The standard InChI is InChI=1S/C12H17NO3/c1-11(2,14)12(15)8-10(13-16-12)9-6-4-3-5-7-9/h3-7,10,13-15H,8H2,1-2H3/t10-,12+/m1/s1. The molecule has 1 aromatic carbocycles. The monoisotopic (exact) mass is 223 g/mol. The van der Waals surface area contributed by atoms with Gasteiger partial charge in [-0.3, -0.25) is 4.84 Å². The molecule has 0 spiro atoms. The van der Waals surface area contributed by atoms with E-state index >= 15 is 0 Å². The molecule has 88 valence electrons. The van der Waals surface area contributed by atoms with E-state index in [2.05, 4.69) is 5.48 Å². The van der Waals surface area contributed by atoms with Crippen LogP contribution in [0, 0.1) is 0 Å². The first-order valence-electron chi connectivity index (χ1n) is 5.36. The molecule has 0 bridgehead atoms.